The molecule has 0 amide bonds. The van der Waals surface area contributed by atoms with Gasteiger partial charge in [0.2, 0.25) is 0 Å². The van der Waals surface area contributed by atoms with Crippen LogP contribution in [0.1, 0.15) is 51.1 Å². The molecule has 0 saturated heterocycles. The van der Waals surface area contributed by atoms with Crippen LogP contribution in [0.3, 0.4) is 0 Å². The standard InChI is InChI=1S/C16H25NO2S/c1-4-15(11-13-5-6-13)17-12(2)14-7-9-16(10-8-14)20(3,18)19/h7-10,12-13,15,17H,4-6,11H2,1-3H3. The predicted octanol–water partition coefficient (Wildman–Crippen LogP) is 3.32. The molecule has 4 heteroatoms. The zero-order valence-electron chi connectivity index (χ0n) is 12.6. The van der Waals surface area contributed by atoms with Gasteiger partial charge in [-0.15, -0.1) is 0 Å². The van der Waals surface area contributed by atoms with Gasteiger partial charge in [0.1, 0.15) is 0 Å². The Kier molecular flexibility index (Phi) is 4.86. The Balaban J connectivity index is 1.98. The number of rotatable bonds is 7. The molecule has 2 unspecified atom stereocenters. The summed E-state index contributed by atoms with van der Waals surface area (Å²) in [5, 5.41) is 3.66. The molecule has 2 atom stereocenters. The monoisotopic (exact) mass is 295 g/mol. The van der Waals surface area contributed by atoms with E-state index in [4.69, 9.17) is 0 Å². The van der Waals surface area contributed by atoms with Gasteiger partial charge in [0.25, 0.3) is 0 Å². The zero-order chi connectivity index (χ0) is 14.8. The van der Waals surface area contributed by atoms with Crippen molar-refractivity contribution < 1.29 is 8.42 Å². The Morgan fingerprint density at radius 2 is 1.85 bits per heavy atom. The maximum Gasteiger partial charge on any atom is 0.175 e. The summed E-state index contributed by atoms with van der Waals surface area (Å²) in [7, 11) is -3.10. The van der Waals surface area contributed by atoms with E-state index in [0.29, 0.717) is 10.9 Å². The summed E-state index contributed by atoms with van der Waals surface area (Å²) < 4.78 is 22.9. The fourth-order valence-electron chi connectivity index (χ4n) is 2.56. The fourth-order valence-corrected chi connectivity index (χ4v) is 3.19. The van der Waals surface area contributed by atoms with Gasteiger partial charge in [-0.25, -0.2) is 8.42 Å². The van der Waals surface area contributed by atoms with E-state index in [1.54, 1.807) is 12.1 Å². The quantitative estimate of drug-likeness (QED) is 0.839. The molecule has 112 valence electrons. The molecule has 1 aromatic rings. The van der Waals surface area contributed by atoms with Gasteiger partial charge in [0.05, 0.1) is 4.90 Å². The molecule has 1 aromatic carbocycles. The molecule has 2 rings (SSSR count). The first-order chi connectivity index (χ1) is 9.40. The number of benzene rings is 1. The lowest BCUT2D eigenvalue weighted by molar-refractivity contribution is 0.404. The lowest BCUT2D eigenvalue weighted by Crippen LogP contribution is -2.31. The lowest BCUT2D eigenvalue weighted by Gasteiger charge is -2.22. The third-order valence-corrected chi connectivity index (χ3v) is 5.23. The molecule has 1 aliphatic carbocycles. The highest BCUT2D eigenvalue weighted by Gasteiger charge is 2.25. The summed E-state index contributed by atoms with van der Waals surface area (Å²) in [5.41, 5.74) is 1.15. The van der Waals surface area contributed by atoms with Crippen LogP contribution in [-0.4, -0.2) is 20.7 Å². The average Bonchev–Trinajstić information content (AvgIpc) is 3.21. The van der Waals surface area contributed by atoms with Crippen molar-refractivity contribution in [3.63, 3.8) is 0 Å². The second kappa shape index (κ2) is 6.27. The lowest BCUT2D eigenvalue weighted by atomic mass is 10.0. The minimum Gasteiger partial charge on any atom is -0.307 e. The summed E-state index contributed by atoms with van der Waals surface area (Å²) in [6.07, 6.45) is 6.42. The van der Waals surface area contributed by atoms with Crippen LogP contribution < -0.4 is 5.32 Å². The molecular formula is C16H25NO2S. The topological polar surface area (TPSA) is 46.2 Å². The molecule has 0 aromatic heterocycles. The van der Waals surface area contributed by atoms with E-state index in [2.05, 4.69) is 19.2 Å². The van der Waals surface area contributed by atoms with Crippen LogP contribution in [0, 0.1) is 5.92 Å². The summed E-state index contributed by atoms with van der Waals surface area (Å²) in [6, 6.07) is 8.05. The zero-order valence-corrected chi connectivity index (χ0v) is 13.4. The predicted molar refractivity (Wildman–Crippen MR) is 82.5 cm³/mol. The normalized spacial score (nSPS) is 18.8. The minimum absolute atomic E-state index is 0.257. The van der Waals surface area contributed by atoms with E-state index in [1.807, 2.05) is 12.1 Å². The first-order valence-electron chi connectivity index (χ1n) is 7.46. The van der Waals surface area contributed by atoms with Gasteiger partial charge in [-0.3, -0.25) is 0 Å². The highest BCUT2D eigenvalue weighted by molar-refractivity contribution is 7.90. The SMILES string of the molecule is CCC(CC1CC1)NC(C)c1ccc(S(C)(=O)=O)cc1. The van der Waals surface area contributed by atoms with Crippen molar-refractivity contribution in [1.29, 1.82) is 0 Å². The molecule has 1 fully saturated rings. The van der Waals surface area contributed by atoms with Gasteiger partial charge in [-0.05, 0) is 43.4 Å². The molecule has 0 radical (unpaired) electrons. The third kappa shape index (κ3) is 4.32. The van der Waals surface area contributed by atoms with Gasteiger partial charge in [0, 0.05) is 18.3 Å². The number of hydrogen-bond donors (Lipinski definition) is 1. The Hall–Kier alpha value is -0.870. The van der Waals surface area contributed by atoms with Gasteiger partial charge < -0.3 is 5.32 Å². The fraction of sp³-hybridized carbons (Fsp3) is 0.625. The van der Waals surface area contributed by atoms with Crippen LogP contribution >= 0.6 is 0 Å². The molecule has 0 heterocycles. The Morgan fingerprint density at radius 3 is 2.30 bits per heavy atom. The van der Waals surface area contributed by atoms with Crippen molar-refractivity contribution in [3.8, 4) is 0 Å². The van der Waals surface area contributed by atoms with E-state index >= 15 is 0 Å². The number of nitrogens with one attached hydrogen (secondary N) is 1. The summed E-state index contributed by atoms with van der Waals surface area (Å²) in [5.74, 6) is 0.923. The second-order valence-electron chi connectivity index (χ2n) is 6.01. The smallest absolute Gasteiger partial charge is 0.175 e. The molecule has 0 bridgehead atoms. The molecule has 1 N–H and O–H groups in total. The van der Waals surface area contributed by atoms with Crippen molar-refractivity contribution >= 4 is 9.84 Å². The van der Waals surface area contributed by atoms with Crippen molar-refractivity contribution in [1.82, 2.24) is 5.32 Å². The highest BCUT2D eigenvalue weighted by Crippen LogP contribution is 2.34. The second-order valence-corrected chi connectivity index (χ2v) is 8.03. The third-order valence-electron chi connectivity index (χ3n) is 4.10. The van der Waals surface area contributed by atoms with Crippen LogP contribution in [0.4, 0.5) is 0 Å². The van der Waals surface area contributed by atoms with Crippen LogP contribution in [0.2, 0.25) is 0 Å². The summed E-state index contributed by atoms with van der Waals surface area (Å²) in [4.78, 5) is 0.387. The van der Waals surface area contributed by atoms with Crippen LogP contribution in [-0.2, 0) is 9.84 Å². The van der Waals surface area contributed by atoms with Crippen molar-refractivity contribution in [2.24, 2.45) is 5.92 Å². The maximum absolute atomic E-state index is 11.5. The van der Waals surface area contributed by atoms with Gasteiger partial charge in [-0.1, -0.05) is 31.9 Å². The minimum atomic E-state index is -3.10. The number of hydrogen-bond acceptors (Lipinski definition) is 3. The Labute approximate surface area is 122 Å². The molecule has 1 saturated carbocycles. The average molecular weight is 295 g/mol. The van der Waals surface area contributed by atoms with Crippen LogP contribution in [0.15, 0.2) is 29.2 Å². The largest absolute Gasteiger partial charge is 0.307 e. The number of sulfone groups is 1. The molecule has 1 aliphatic rings. The first-order valence-corrected chi connectivity index (χ1v) is 9.35. The van der Waals surface area contributed by atoms with Gasteiger partial charge in [0.15, 0.2) is 9.84 Å². The summed E-state index contributed by atoms with van der Waals surface area (Å²) >= 11 is 0. The molecule has 3 nitrogen and oxygen atoms in total. The molecule has 20 heavy (non-hydrogen) atoms. The maximum atomic E-state index is 11.5. The Morgan fingerprint density at radius 1 is 1.25 bits per heavy atom. The summed E-state index contributed by atoms with van der Waals surface area (Å²) in [6.45, 7) is 4.37. The molecule has 0 aliphatic heterocycles. The van der Waals surface area contributed by atoms with Crippen molar-refractivity contribution in [2.45, 2.75) is 56.5 Å². The Bertz CT molecular complexity index is 532. The first kappa shape index (κ1) is 15.5. The van der Waals surface area contributed by atoms with Gasteiger partial charge >= 0.3 is 0 Å². The van der Waals surface area contributed by atoms with E-state index in [1.165, 1.54) is 25.5 Å². The van der Waals surface area contributed by atoms with E-state index in [9.17, 15) is 8.42 Å². The van der Waals surface area contributed by atoms with Gasteiger partial charge in [-0.2, -0.15) is 0 Å². The van der Waals surface area contributed by atoms with E-state index in [-0.39, 0.29) is 6.04 Å². The van der Waals surface area contributed by atoms with Crippen LogP contribution in [0.25, 0.3) is 0 Å². The highest BCUT2D eigenvalue weighted by atomic mass is 32.2. The molecule has 0 spiro atoms. The van der Waals surface area contributed by atoms with E-state index in [0.717, 1.165) is 17.9 Å². The van der Waals surface area contributed by atoms with Crippen molar-refractivity contribution in [2.75, 3.05) is 6.26 Å². The van der Waals surface area contributed by atoms with Crippen LogP contribution in [0.5, 0.6) is 0 Å². The van der Waals surface area contributed by atoms with E-state index < -0.39 is 9.84 Å². The molecular weight excluding hydrogens is 270 g/mol. The van der Waals surface area contributed by atoms with Crippen molar-refractivity contribution in [3.05, 3.63) is 29.8 Å².